The van der Waals surface area contributed by atoms with Crippen molar-refractivity contribution in [3.8, 4) is 0 Å². The van der Waals surface area contributed by atoms with Gasteiger partial charge in [0.25, 0.3) is 0 Å². The molecule has 4 aliphatic heterocycles. The number of fused-ring (bicyclic) bond motifs is 2. The van der Waals surface area contributed by atoms with E-state index < -0.39 is 53.2 Å². The lowest BCUT2D eigenvalue weighted by atomic mass is 9.74. The number of likely N-dealkylation sites (tertiary alicyclic amines) is 1. The van der Waals surface area contributed by atoms with Crippen molar-refractivity contribution in [2.24, 2.45) is 11.8 Å². The highest BCUT2D eigenvalue weighted by Crippen LogP contribution is 2.59. The molecule has 7 atom stereocenters. The Balaban J connectivity index is 1.60. The maximum atomic E-state index is 14.8. The van der Waals surface area contributed by atoms with Crippen LogP contribution in [0.15, 0.2) is 53.0 Å². The number of carbonyl (C=O) groups excluding carboxylic acids is 4. The van der Waals surface area contributed by atoms with E-state index in [-0.39, 0.29) is 37.3 Å². The Labute approximate surface area is 286 Å². The van der Waals surface area contributed by atoms with Gasteiger partial charge in [-0.1, -0.05) is 71.3 Å². The van der Waals surface area contributed by atoms with E-state index in [1.54, 1.807) is 21.7 Å². The third-order valence-corrected chi connectivity index (χ3v) is 10.8. The first-order valence-corrected chi connectivity index (χ1v) is 17.6. The number of benzene rings is 1. The standard InChI is InChI=1S/C36H48BrN3O7/c1-23-29(24-16-10-8-11-17-24)46-34(45)27-28-32(43)39(19-13-6-7-15-21-41)31(36(28)22-25(37)30(27)47-36)33(44)40(35(2,3)4)20-14-9-12-18-26(42)38(23)5/h8-11,14,16-17,22-23,27-31,41H,6-7,12-13,15,18-21H2,1-5H3/b14-9-/t23-,27+,28-,29+,30+,31+,36-/m1/s1. The molecule has 0 saturated carbocycles. The normalized spacial score (nSPS) is 32.5. The molecule has 4 heterocycles. The lowest BCUT2D eigenvalue weighted by Crippen LogP contribution is -2.59. The van der Waals surface area contributed by atoms with Crippen molar-refractivity contribution < 1.29 is 33.8 Å². The number of nitrogens with zero attached hydrogens (tertiary/aromatic N) is 3. The summed E-state index contributed by atoms with van der Waals surface area (Å²) < 4.78 is 13.6. The molecule has 5 rings (SSSR count). The molecule has 5 bridgehead atoms. The highest BCUT2D eigenvalue weighted by Gasteiger charge is 2.75. The number of hydrogen-bond acceptors (Lipinski definition) is 7. The number of amides is 3. The number of carbonyl (C=O) groups is 4. The second-order valence-electron chi connectivity index (χ2n) is 14.1. The minimum atomic E-state index is -1.35. The summed E-state index contributed by atoms with van der Waals surface area (Å²) in [6.45, 7) is 8.43. The van der Waals surface area contributed by atoms with E-state index in [2.05, 4.69) is 15.9 Å². The zero-order valence-corrected chi connectivity index (χ0v) is 29.6. The highest BCUT2D eigenvalue weighted by molar-refractivity contribution is 9.11. The zero-order chi connectivity index (χ0) is 34.1. The summed E-state index contributed by atoms with van der Waals surface area (Å²) in [6, 6.07) is 7.84. The highest BCUT2D eigenvalue weighted by atomic mass is 79.9. The van der Waals surface area contributed by atoms with Gasteiger partial charge in [0.15, 0.2) is 0 Å². The van der Waals surface area contributed by atoms with Crippen LogP contribution in [0, 0.1) is 11.8 Å². The number of rotatable bonds is 7. The van der Waals surface area contributed by atoms with Gasteiger partial charge in [-0.15, -0.1) is 0 Å². The number of cyclic esters (lactones) is 1. The van der Waals surface area contributed by atoms with Crippen LogP contribution < -0.4 is 0 Å². The molecule has 4 aliphatic rings. The van der Waals surface area contributed by atoms with Crippen LogP contribution in [0.3, 0.4) is 0 Å². The Morgan fingerprint density at radius 3 is 2.36 bits per heavy atom. The predicted octanol–water partition coefficient (Wildman–Crippen LogP) is 4.52. The van der Waals surface area contributed by atoms with E-state index >= 15 is 0 Å². The fourth-order valence-electron chi connectivity index (χ4n) is 7.50. The van der Waals surface area contributed by atoms with Gasteiger partial charge in [-0.25, -0.2) is 0 Å². The number of ether oxygens (including phenoxy) is 2. The molecule has 3 amide bonds. The molecule has 2 fully saturated rings. The largest absolute Gasteiger partial charge is 0.455 e. The van der Waals surface area contributed by atoms with Gasteiger partial charge in [-0.05, 0) is 58.6 Å². The van der Waals surface area contributed by atoms with Crippen LogP contribution in [0.25, 0.3) is 0 Å². The van der Waals surface area contributed by atoms with Crippen molar-refractivity contribution in [3.63, 3.8) is 0 Å². The van der Waals surface area contributed by atoms with Gasteiger partial charge in [-0.2, -0.15) is 0 Å². The molecule has 1 spiro atoms. The topological polar surface area (TPSA) is 117 Å². The molecule has 10 nitrogen and oxygen atoms in total. The molecule has 0 aliphatic carbocycles. The van der Waals surface area contributed by atoms with Crippen molar-refractivity contribution in [2.75, 3.05) is 26.7 Å². The van der Waals surface area contributed by atoms with Crippen molar-refractivity contribution in [1.82, 2.24) is 14.7 Å². The van der Waals surface area contributed by atoms with E-state index in [1.807, 2.05) is 76.3 Å². The Morgan fingerprint density at radius 1 is 0.979 bits per heavy atom. The van der Waals surface area contributed by atoms with Crippen LogP contribution in [-0.2, 0) is 28.7 Å². The van der Waals surface area contributed by atoms with Gasteiger partial charge in [0.2, 0.25) is 17.7 Å². The van der Waals surface area contributed by atoms with Crippen molar-refractivity contribution >= 4 is 39.6 Å². The first-order chi connectivity index (χ1) is 22.3. The molecular formula is C36H48BrN3O7. The van der Waals surface area contributed by atoms with Gasteiger partial charge in [0.1, 0.15) is 29.8 Å². The summed E-state index contributed by atoms with van der Waals surface area (Å²) in [7, 11) is 1.72. The summed E-state index contributed by atoms with van der Waals surface area (Å²) >= 11 is 3.63. The number of halogens is 1. The fourth-order valence-corrected chi connectivity index (χ4v) is 8.23. The van der Waals surface area contributed by atoms with Crippen LogP contribution in [0.5, 0.6) is 0 Å². The average Bonchev–Trinajstić information content (AvgIpc) is 3.62. The number of aliphatic hydroxyl groups excluding tert-OH is 1. The Morgan fingerprint density at radius 2 is 1.68 bits per heavy atom. The molecule has 0 unspecified atom stereocenters. The molecule has 11 heteroatoms. The van der Waals surface area contributed by atoms with E-state index in [0.717, 1.165) is 18.4 Å². The molecule has 2 saturated heterocycles. The molecule has 256 valence electrons. The molecule has 0 aromatic heterocycles. The monoisotopic (exact) mass is 713 g/mol. The molecule has 0 radical (unpaired) electrons. The van der Waals surface area contributed by atoms with Crippen LogP contribution in [0.2, 0.25) is 0 Å². The lowest BCUT2D eigenvalue weighted by molar-refractivity contribution is -0.164. The van der Waals surface area contributed by atoms with Gasteiger partial charge in [0, 0.05) is 43.2 Å². The summed E-state index contributed by atoms with van der Waals surface area (Å²) in [6.07, 6.45) is 7.71. The lowest BCUT2D eigenvalue weighted by Gasteiger charge is -2.41. The number of hydrogen-bond donors (Lipinski definition) is 1. The Bertz CT molecular complexity index is 1410. The number of esters is 1. The zero-order valence-electron chi connectivity index (χ0n) is 28.1. The SMILES string of the molecule is C[C@@H]1[C@@H](c2ccccc2)OC(=O)[C@@H]2[C@H]3O[C@@]4(C=C3Br)[C@H](C(=O)N(C(C)(C)C)C/C=C\CCC(=O)N1C)N(CCCCCCO)C(=O)[C@@H]24. The summed E-state index contributed by atoms with van der Waals surface area (Å²) in [4.78, 5) is 62.0. The third-order valence-electron chi connectivity index (χ3n) is 10.1. The van der Waals surface area contributed by atoms with E-state index in [4.69, 9.17) is 9.47 Å². The maximum absolute atomic E-state index is 14.8. The van der Waals surface area contributed by atoms with Gasteiger partial charge in [0.05, 0.1) is 12.0 Å². The van der Waals surface area contributed by atoms with Crippen LogP contribution >= 0.6 is 15.9 Å². The predicted molar refractivity (Wildman–Crippen MR) is 180 cm³/mol. The van der Waals surface area contributed by atoms with E-state index in [0.29, 0.717) is 30.3 Å². The molecular weight excluding hydrogens is 666 g/mol. The summed E-state index contributed by atoms with van der Waals surface area (Å²) in [5.41, 5.74) is -1.22. The summed E-state index contributed by atoms with van der Waals surface area (Å²) in [5, 5.41) is 9.25. The van der Waals surface area contributed by atoms with Gasteiger partial charge in [-0.3, -0.25) is 19.2 Å². The van der Waals surface area contributed by atoms with Crippen LogP contribution in [0.1, 0.15) is 77.9 Å². The van der Waals surface area contributed by atoms with E-state index in [1.165, 1.54) is 0 Å². The minimum absolute atomic E-state index is 0.0936. The van der Waals surface area contributed by atoms with Crippen molar-refractivity contribution in [1.29, 1.82) is 0 Å². The smallest absolute Gasteiger partial charge is 0.313 e. The number of unbranched alkanes of at least 4 members (excludes halogenated alkanes) is 3. The van der Waals surface area contributed by atoms with Gasteiger partial charge >= 0.3 is 5.97 Å². The molecule has 1 aromatic rings. The Kier molecular flexibility index (Phi) is 10.7. The minimum Gasteiger partial charge on any atom is -0.455 e. The summed E-state index contributed by atoms with van der Waals surface area (Å²) in [5.74, 6) is -3.19. The fraction of sp³-hybridized carbons (Fsp3) is 0.611. The van der Waals surface area contributed by atoms with Crippen LogP contribution in [-0.4, -0.2) is 99.6 Å². The average molecular weight is 715 g/mol. The first kappa shape index (κ1) is 35.3. The number of likely N-dealkylation sites (N-methyl/N-ethyl adjacent to an activating group) is 1. The molecule has 1 N–H and O–H groups in total. The van der Waals surface area contributed by atoms with Crippen molar-refractivity contribution in [2.45, 2.75) is 102 Å². The maximum Gasteiger partial charge on any atom is 0.313 e. The number of allylic oxidation sites excluding steroid dienone is 1. The second-order valence-corrected chi connectivity index (χ2v) is 15.1. The number of aliphatic hydroxyl groups is 1. The van der Waals surface area contributed by atoms with Crippen molar-refractivity contribution in [3.05, 3.63) is 58.6 Å². The quantitative estimate of drug-likeness (QED) is 0.251. The molecule has 1 aromatic carbocycles. The van der Waals surface area contributed by atoms with Gasteiger partial charge < -0.3 is 29.3 Å². The first-order valence-electron chi connectivity index (χ1n) is 16.8. The van der Waals surface area contributed by atoms with E-state index in [9.17, 15) is 24.3 Å². The van der Waals surface area contributed by atoms with Crippen LogP contribution in [0.4, 0.5) is 0 Å². The Hall–Kier alpha value is -3.02. The molecule has 47 heavy (non-hydrogen) atoms. The third kappa shape index (κ3) is 6.68. The second kappa shape index (κ2) is 14.2.